The second-order valence-electron chi connectivity index (χ2n) is 4.08. The first-order valence-corrected chi connectivity index (χ1v) is 5.99. The molecule has 1 heterocycles. The molecule has 0 unspecified atom stereocenters. The maximum absolute atomic E-state index is 9.38. The molecule has 1 N–H and O–H groups in total. The van der Waals surface area contributed by atoms with Gasteiger partial charge in [0.2, 0.25) is 5.88 Å². The van der Waals surface area contributed by atoms with E-state index in [1.165, 1.54) is 0 Å². The molecule has 2 aromatic rings. The van der Waals surface area contributed by atoms with Gasteiger partial charge in [-0.15, -0.1) is 0 Å². The topological polar surface area (TPSA) is 42.4 Å². The summed E-state index contributed by atoms with van der Waals surface area (Å²) in [6.45, 7) is 3.71. The van der Waals surface area contributed by atoms with Crippen LogP contribution in [0.25, 0.3) is 0 Å². The number of pyridine rings is 1. The van der Waals surface area contributed by atoms with E-state index in [4.69, 9.17) is 16.3 Å². The van der Waals surface area contributed by atoms with Crippen molar-refractivity contribution in [3.8, 4) is 11.6 Å². The molecule has 0 aliphatic heterocycles. The van der Waals surface area contributed by atoms with Crippen LogP contribution in [0, 0.1) is 13.8 Å². The van der Waals surface area contributed by atoms with Crippen molar-refractivity contribution >= 4 is 11.6 Å². The van der Waals surface area contributed by atoms with Crippen LogP contribution in [0.2, 0.25) is 5.02 Å². The number of rotatable bonds is 3. The second-order valence-corrected chi connectivity index (χ2v) is 4.52. The van der Waals surface area contributed by atoms with Gasteiger partial charge in [-0.3, -0.25) is 0 Å². The minimum absolute atomic E-state index is 0.102. The highest BCUT2D eigenvalue weighted by Crippen LogP contribution is 2.27. The highest BCUT2D eigenvalue weighted by molar-refractivity contribution is 6.30. The Bertz CT molecular complexity index is 570. The summed E-state index contributed by atoms with van der Waals surface area (Å²) in [6, 6.07) is 9.00. The summed E-state index contributed by atoms with van der Waals surface area (Å²) in [4.78, 5) is 4.30. The molecule has 0 fully saturated rings. The molecule has 2 rings (SSSR count). The van der Waals surface area contributed by atoms with E-state index < -0.39 is 0 Å². The summed E-state index contributed by atoms with van der Waals surface area (Å²) in [5.74, 6) is 1.03. The van der Waals surface area contributed by atoms with Crippen LogP contribution in [0.15, 0.2) is 30.3 Å². The van der Waals surface area contributed by atoms with Crippen molar-refractivity contribution in [2.75, 3.05) is 0 Å². The first-order chi connectivity index (χ1) is 8.60. The zero-order chi connectivity index (χ0) is 13.1. The Morgan fingerprint density at radius 3 is 2.72 bits per heavy atom. The molecule has 0 aliphatic rings. The predicted octanol–water partition coefficient (Wildman–Crippen LogP) is 3.64. The smallest absolute Gasteiger partial charge is 0.225 e. The summed E-state index contributed by atoms with van der Waals surface area (Å²) in [7, 11) is 0. The number of benzene rings is 1. The fraction of sp³-hybridized carbons (Fsp3) is 0.214. The van der Waals surface area contributed by atoms with Gasteiger partial charge in [-0.25, -0.2) is 4.98 Å². The summed E-state index contributed by atoms with van der Waals surface area (Å²) in [5, 5.41) is 9.98. The third kappa shape index (κ3) is 2.81. The van der Waals surface area contributed by atoms with Crippen LogP contribution in [0.3, 0.4) is 0 Å². The molecule has 0 radical (unpaired) electrons. The molecular weight excluding hydrogens is 250 g/mol. The van der Waals surface area contributed by atoms with Crippen LogP contribution < -0.4 is 4.74 Å². The molecule has 0 spiro atoms. The number of aliphatic hydroxyl groups is 1. The van der Waals surface area contributed by atoms with Gasteiger partial charge in [0, 0.05) is 16.3 Å². The lowest BCUT2D eigenvalue weighted by molar-refractivity contribution is 0.274. The van der Waals surface area contributed by atoms with Crippen LogP contribution in [0.1, 0.15) is 16.8 Å². The van der Waals surface area contributed by atoms with Crippen molar-refractivity contribution < 1.29 is 9.84 Å². The van der Waals surface area contributed by atoms with Gasteiger partial charge in [-0.2, -0.15) is 0 Å². The maximum Gasteiger partial charge on any atom is 0.225 e. The largest absolute Gasteiger partial charge is 0.439 e. The Kier molecular flexibility index (Phi) is 3.84. The van der Waals surface area contributed by atoms with Crippen LogP contribution in [-0.4, -0.2) is 10.1 Å². The number of aromatic nitrogens is 1. The zero-order valence-electron chi connectivity index (χ0n) is 10.3. The van der Waals surface area contributed by atoms with Crippen LogP contribution in [0.4, 0.5) is 0 Å². The van der Waals surface area contributed by atoms with Crippen molar-refractivity contribution in [2.24, 2.45) is 0 Å². The van der Waals surface area contributed by atoms with Gasteiger partial charge < -0.3 is 9.84 Å². The molecule has 4 heteroatoms. The summed E-state index contributed by atoms with van der Waals surface area (Å²) < 4.78 is 5.69. The highest BCUT2D eigenvalue weighted by Gasteiger charge is 2.10. The predicted molar refractivity (Wildman–Crippen MR) is 71.2 cm³/mol. The lowest BCUT2D eigenvalue weighted by Gasteiger charge is -2.12. The molecule has 94 valence electrons. The SMILES string of the molecule is Cc1cc(C)c(CO)c(Oc2cccc(Cl)c2)n1. The van der Waals surface area contributed by atoms with Crippen LogP contribution in [-0.2, 0) is 6.61 Å². The van der Waals surface area contributed by atoms with Crippen molar-refractivity contribution in [1.82, 2.24) is 4.98 Å². The molecule has 1 aromatic heterocycles. The third-order valence-electron chi connectivity index (χ3n) is 2.61. The van der Waals surface area contributed by atoms with E-state index in [1.54, 1.807) is 24.3 Å². The lowest BCUT2D eigenvalue weighted by atomic mass is 10.1. The first kappa shape index (κ1) is 12.9. The molecule has 0 aliphatic carbocycles. The fourth-order valence-corrected chi connectivity index (χ4v) is 1.93. The molecule has 0 atom stereocenters. The van der Waals surface area contributed by atoms with E-state index in [-0.39, 0.29) is 6.61 Å². The van der Waals surface area contributed by atoms with Gasteiger partial charge in [0.15, 0.2) is 0 Å². The van der Waals surface area contributed by atoms with E-state index in [2.05, 4.69) is 4.98 Å². The number of nitrogens with zero attached hydrogens (tertiary/aromatic N) is 1. The standard InChI is InChI=1S/C14H14ClNO2/c1-9-6-10(2)16-14(13(9)8-17)18-12-5-3-4-11(15)7-12/h3-7,17H,8H2,1-2H3. The second kappa shape index (κ2) is 5.38. The Balaban J connectivity index is 2.39. The van der Waals surface area contributed by atoms with Gasteiger partial charge in [0.05, 0.1) is 6.61 Å². The monoisotopic (exact) mass is 263 g/mol. The number of halogens is 1. The average molecular weight is 264 g/mol. The number of hydrogen-bond donors (Lipinski definition) is 1. The zero-order valence-corrected chi connectivity index (χ0v) is 11.0. The van der Waals surface area contributed by atoms with Gasteiger partial charge in [0.25, 0.3) is 0 Å². The van der Waals surface area contributed by atoms with Gasteiger partial charge in [-0.1, -0.05) is 17.7 Å². The lowest BCUT2D eigenvalue weighted by Crippen LogP contribution is -1.99. The number of ether oxygens (including phenoxy) is 1. The molecule has 18 heavy (non-hydrogen) atoms. The molecule has 0 saturated carbocycles. The molecular formula is C14H14ClNO2. The molecule has 3 nitrogen and oxygen atoms in total. The van der Waals surface area contributed by atoms with Crippen LogP contribution >= 0.6 is 11.6 Å². The van der Waals surface area contributed by atoms with E-state index in [0.717, 1.165) is 11.3 Å². The summed E-state index contributed by atoms with van der Waals surface area (Å²) in [5.41, 5.74) is 2.50. The summed E-state index contributed by atoms with van der Waals surface area (Å²) >= 11 is 5.90. The third-order valence-corrected chi connectivity index (χ3v) is 2.84. The Morgan fingerprint density at radius 1 is 1.28 bits per heavy atom. The number of aryl methyl sites for hydroxylation is 2. The molecule has 0 saturated heterocycles. The quantitative estimate of drug-likeness (QED) is 0.919. The van der Waals surface area contributed by atoms with Crippen molar-refractivity contribution in [2.45, 2.75) is 20.5 Å². The van der Waals surface area contributed by atoms with E-state index >= 15 is 0 Å². The molecule has 1 aromatic carbocycles. The summed E-state index contributed by atoms with van der Waals surface area (Å²) in [6.07, 6.45) is 0. The van der Waals surface area contributed by atoms with Crippen molar-refractivity contribution in [1.29, 1.82) is 0 Å². The minimum Gasteiger partial charge on any atom is -0.439 e. The molecule has 0 amide bonds. The normalized spacial score (nSPS) is 10.4. The number of aliphatic hydroxyl groups excluding tert-OH is 1. The van der Waals surface area contributed by atoms with E-state index in [1.807, 2.05) is 19.9 Å². The van der Waals surface area contributed by atoms with Gasteiger partial charge in [0.1, 0.15) is 5.75 Å². The van der Waals surface area contributed by atoms with Crippen LogP contribution in [0.5, 0.6) is 11.6 Å². The Labute approximate surface area is 111 Å². The van der Waals surface area contributed by atoms with Crippen molar-refractivity contribution in [3.05, 3.63) is 52.2 Å². The number of hydrogen-bond acceptors (Lipinski definition) is 3. The maximum atomic E-state index is 9.38. The van der Waals surface area contributed by atoms with Gasteiger partial charge in [-0.05, 0) is 43.7 Å². The van der Waals surface area contributed by atoms with Crippen molar-refractivity contribution in [3.63, 3.8) is 0 Å². The fourth-order valence-electron chi connectivity index (χ4n) is 1.75. The Hall–Kier alpha value is -1.58. The molecule has 0 bridgehead atoms. The minimum atomic E-state index is -0.102. The highest BCUT2D eigenvalue weighted by atomic mass is 35.5. The van der Waals surface area contributed by atoms with E-state index in [0.29, 0.717) is 22.2 Å². The Morgan fingerprint density at radius 2 is 2.06 bits per heavy atom. The van der Waals surface area contributed by atoms with E-state index in [9.17, 15) is 5.11 Å². The van der Waals surface area contributed by atoms with Gasteiger partial charge >= 0.3 is 0 Å². The average Bonchev–Trinajstić information content (AvgIpc) is 2.28. The first-order valence-electron chi connectivity index (χ1n) is 5.61.